The lowest BCUT2D eigenvalue weighted by atomic mass is 9.74. The Bertz CT molecular complexity index is 2100. The maximum atomic E-state index is 6.53. The van der Waals surface area contributed by atoms with E-state index in [1.54, 1.807) is 0 Å². The summed E-state index contributed by atoms with van der Waals surface area (Å²) in [6, 6.07) is 31.6. The van der Waals surface area contributed by atoms with Crippen LogP contribution in [0.5, 0.6) is 5.75 Å². The van der Waals surface area contributed by atoms with Crippen molar-refractivity contribution in [2.75, 3.05) is 0 Å². The normalized spacial score (nSPS) is 19.1. The molecule has 0 saturated heterocycles. The molecule has 214 valence electrons. The fourth-order valence-corrected chi connectivity index (χ4v) is 7.90. The van der Waals surface area contributed by atoms with Crippen LogP contribution in [0.4, 0.5) is 0 Å². The summed E-state index contributed by atoms with van der Waals surface area (Å²) in [4.78, 5) is 19.8. The first kappa shape index (κ1) is 25.6. The monoisotopic (exact) mass is 572 g/mol. The zero-order valence-corrected chi connectivity index (χ0v) is 24.9. The van der Waals surface area contributed by atoms with Gasteiger partial charge in [0.1, 0.15) is 17.5 Å². The van der Waals surface area contributed by atoms with Crippen molar-refractivity contribution in [2.24, 2.45) is 0 Å². The van der Waals surface area contributed by atoms with Crippen LogP contribution in [0.3, 0.4) is 0 Å². The van der Waals surface area contributed by atoms with Crippen LogP contribution in [0, 0.1) is 0 Å². The first-order chi connectivity index (χ1) is 21.6. The van der Waals surface area contributed by atoms with E-state index in [2.05, 4.69) is 56.3 Å². The summed E-state index contributed by atoms with van der Waals surface area (Å²) in [5, 5.41) is 2.13. The van der Waals surface area contributed by atoms with E-state index < -0.39 is 0 Å². The molecule has 0 spiro atoms. The van der Waals surface area contributed by atoms with Gasteiger partial charge >= 0.3 is 0 Å². The van der Waals surface area contributed by atoms with Crippen LogP contribution in [0.1, 0.15) is 62.1 Å². The minimum Gasteiger partial charge on any atom is -0.489 e. The number of aromatic nitrogens is 4. The second-order valence-corrected chi connectivity index (χ2v) is 12.9. The van der Waals surface area contributed by atoms with Crippen molar-refractivity contribution in [3.8, 4) is 51.2 Å². The topological polar surface area (TPSA) is 60.8 Å². The van der Waals surface area contributed by atoms with Gasteiger partial charge in [-0.15, -0.1) is 0 Å². The second-order valence-electron chi connectivity index (χ2n) is 12.9. The minimum absolute atomic E-state index is 0.170. The lowest BCUT2D eigenvalue weighted by Gasteiger charge is -2.28. The van der Waals surface area contributed by atoms with E-state index in [0.29, 0.717) is 29.5 Å². The number of fused-ring (bicyclic) bond motifs is 8. The number of hydrogen-bond donors (Lipinski definition) is 0. The number of benzene rings is 4. The summed E-state index contributed by atoms with van der Waals surface area (Å²) in [7, 11) is 0. The van der Waals surface area contributed by atoms with E-state index in [9.17, 15) is 0 Å². The highest BCUT2D eigenvalue weighted by molar-refractivity contribution is 5.93. The number of hydrogen-bond acceptors (Lipinski definition) is 5. The van der Waals surface area contributed by atoms with Crippen molar-refractivity contribution in [3.63, 3.8) is 0 Å². The van der Waals surface area contributed by atoms with Gasteiger partial charge in [-0.25, -0.2) is 15.0 Å². The molecule has 2 atom stereocenters. The van der Waals surface area contributed by atoms with Crippen molar-refractivity contribution in [2.45, 2.75) is 57.0 Å². The molecule has 3 aliphatic rings. The van der Waals surface area contributed by atoms with Gasteiger partial charge in [0.25, 0.3) is 0 Å². The molecule has 5 nitrogen and oxygen atoms in total. The molecule has 0 bridgehead atoms. The molecule has 2 unspecified atom stereocenters. The molecule has 1 aliphatic heterocycles. The molecule has 3 heterocycles. The number of rotatable bonds is 3. The Kier molecular flexibility index (Phi) is 5.55. The van der Waals surface area contributed by atoms with Crippen LogP contribution in [-0.2, 0) is 5.41 Å². The maximum absolute atomic E-state index is 6.53. The van der Waals surface area contributed by atoms with Crippen molar-refractivity contribution in [1.82, 2.24) is 19.9 Å². The summed E-state index contributed by atoms with van der Waals surface area (Å²) < 4.78 is 6.53. The van der Waals surface area contributed by atoms with Crippen molar-refractivity contribution in [1.29, 1.82) is 0 Å². The molecule has 1 fully saturated rings. The van der Waals surface area contributed by atoms with Crippen molar-refractivity contribution < 1.29 is 4.74 Å². The SMILES string of the molecule is CC1(C)c2cc(-c3nc(-c4ccccc4)nc(-c4nccc5ccccc45)n3)ccc2-c2ccc3c(c21)C1CCCCC1O3. The third kappa shape index (κ3) is 3.78. The first-order valence-electron chi connectivity index (χ1n) is 15.7. The van der Waals surface area contributed by atoms with Gasteiger partial charge in [0.15, 0.2) is 17.5 Å². The first-order valence-corrected chi connectivity index (χ1v) is 15.7. The summed E-state index contributed by atoms with van der Waals surface area (Å²) >= 11 is 0. The molecule has 9 rings (SSSR count). The Morgan fingerprint density at radius 1 is 0.705 bits per heavy atom. The zero-order valence-electron chi connectivity index (χ0n) is 24.9. The van der Waals surface area contributed by atoms with E-state index in [4.69, 9.17) is 24.7 Å². The van der Waals surface area contributed by atoms with Gasteiger partial charge in [-0.3, -0.25) is 4.98 Å². The standard InChI is InChI=1S/C39H32N4O/c1-39(2)30-22-25(16-17-27(30)28-18-19-32-33(34(28)39)29-14-8-9-15-31(29)44-32)37-41-36(24-11-4-3-5-12-24)42-38(43-37)35-26-13-7-6-10-23(26)20-21-40-35/h3-7,10-13,16-22,29,31H,8-9,14-15H2,1-2H3. The second kappa shape index (κ2) is 9.55. The van der Waals surface area contributed by atoms with Gasteiger partial charge in [-0.1, -0.05) is 93.1 Å². The Morgan fingerprint density at radius 2 is 1.45 bits per heavy atom. The lowest BCUT2D eigenvalue weighted by Crippen LogP contribution is -2.24. The van der Waals surface area contributed by atoms with Gasteiger partial charge < -0.3 is 4.74 Å². The largest absolute Gasteiger partial charge is 0.489 e. The smallest absolute Gasteiger partial charge is 0.183 e. The predicted molar refractivity (Wildman–Crippen MR) is 175 cm³/mol. The predicted octanol–water partition coefficient (Wildman–Crippen LogP) is 9.15. The third-order valence-electron chi connectivity index (χ3n) is 9.98. The lowest BCUT2D eigenvalue weighted by molar-refractivity contribution is 0.164. The van der Waals surface area contributed by atoms with Crippen LogP contribution in [0.15, 0.2) is 97.2 Å². The Hall–Kier alpha value is -4.90. The molecule has 2 aliphatic carbocycles. The van der Waals surface area contributed by atoms with Crippen LogP contribution in [-0.4, -0.2) is 26.0 Å². The molecule has 5 heteroatoms. The Morgan fingerprint density at radius 3 is 2.34 bits per heavy atom. The van der Waals surface area contributed by atoms with E-state index >= 15 is 0 Å². The highest BCUT2D eigenvalue weighted by Gasteiger charge is 2.45. The van der Waals surface area contributed by atoms with E-state index in [-0.39, 0.29) is 5.41 Å². The summed E-state index contributed by atoms with van der Waals surface area (Å²) in [6.07, 6.45) is 7.06. The average molecular weight is 573 g/mol. The molecule has 0 amide bonds. The van der Waals surface area contributed by atoms with E-state index in [1.807, 2.05) is 54.7 Å². The van der Waals surface area contributed by atoms with E-state index in [1.165, 1.54) is 47.1 Å². The molecule has 44 heavy (non-hydrogen) atoms. The molecule has 6 aromatic rings. The minimum atomic E-state index is -0.170. The van der Waals surface area contributed by atoms with Crippen LogP contribution in [0.25, 0.3) is 56.2 Å². The molecular weight excluding hydrogens is 540 g/mol. The highest BCUT2D eigenvalue weighted by atomic mass is 16.5. The molecule has 2 aromatic heterocycles. The highest BCUT2D eigenvalue weighted by Crippen LogP contribution is 2.58. The zero-order chi connectivity index (χ0) is 29.4. The van der Waals surface area contributed by atoms with Gasteiger partial charge in [0.2, 0.25) is 0 Å². The quantitative estimate of drug-likeness (QED) is 0.212. The fourth-order valence-electron chi connectivity index (χ4n) is 7.90. The van der Waals surface area contributed by atoms with Gasteiger partial charge in [0, 0.05) is 39.6 Å². The van der Waals surface area contributed by atoms with Crippen molar-refractivity contribution in [3.05, 3.63) is 114 Å². The molecule has 0 radical (unpaired) electrons. The summed E-state index contributed by atoms with van der Waals surface area (Å²) in [6.45, 7) is 4.73. The number of nitrogens with zero attached hydrogens (tertiary/aromatic N) is 4. The van der Waals surface area contributed by atoms with Gasteiger partial charge in [-0.2, -0.15) is 0 Å². The molecular formula is C39H32N4O. The van der Waals surface area contributed by atoms with Gasteiger partial charge in [-0.05, 0) is 65.1 Å². The van der Waals surface area contributed by atoms with Crippen LogP contribution >= 0.6 is 0 Å². The average Bonchev–Trinajstić information content (AvgIpc) is 3.56. The number of ether oxygens (including phenoxy) is 1. The Labute approximate surface area is 257 Å². The summed E-state index contributed by atoms with van der Waals surface area (Å²) in [5.41, 5.74) is 9.36. The van der Waals surface area contributed by atoms with Crippen molar-refractivity contribution >= 4 is 10.8 Å². The van der Waals surface area contributed by atoms with E-state index in [0.717, 1.165) is 39.8 Å². The summed E-state index contributed by atoms with van der Waals surface area (Å²) in [5.74, 6) is 3.46. The van der Waals surface area contributed by atoms with Crippen LogP contribution < -0.4 is 4.74 Å². The molecule has 0 N–H and O–H groups in total. The maximum Gasteiger partial charge on any atom is 0.183 e. The molecule has 1 saturated carbocycles. The molecule has 4 aromatic carbocycles. The third-order valence-corrected chi connectivity index (χ3v) is 9.98. The van der Waals surface area contributed by atoms with Gasteiger partial charge in [0.05, 0.1) is 0 Å². The van der Waals surface area contributed by atoms with Crippen LogP contribution in [0.2, 0.25) is 0 Å². The fraction of sp³-hybridized carbons (Fsp3) is 0.231. The number of pyridine rings is 1. The Balaban J connectivity index is 1.21.